The SMILES string of the molecule is CC(C)[C@H]1NC(=O)[C@@H]2Cc3ccccc3[C@H]1N2C(=O)c1cn(C)c(=O)c2[nH]c3ccccc3c12. The fourth-order valence-electron chi connectivity index (χ4n) is 5.76. The number of carbonyl (C=O) groups excluding carboxylic acids is 2. The maximum atomic E-state index is 14.4. The van der Waals surface area contributed by atoms with Crippen molar-refractivity contribution in [3.63, 3.8) is 0 Å². The fourth-order valence-corrected chi connectivity index (χ4v) is 5.76. The lowest BCUT2D eigenvalue weighted by Crippen LogP contribution is -2.66. The van der Waals surface area contributed by atoms with Crippen molar-refractivity contribution in [1.82, 2.24) is 19.8 Å². The van der Waals surface area contributed by atoms with E-state index in [2.05, 4.69) is 36.3 Å². The average molecular weight is 455 g/mol. The Hall–Kier alpha value is -3.87. The van der Waals surface area contributed by atoms with Crippen LogP contribution in [0.25, 0.3) is 21.8 Å². The minimum absolute atomic E-state index is 0.127. The summed E-state index contributed by atoms with van der Waals surface area (Å²) in [6, 6.07) is 14.6. The molecule has 7 heteroatoms. The minimum Gasteiger partial charge on any atom is -0.350 e. The van der Waals surface area contributed by atoms with E-state index >= 15 is 0 Å². The van der Waals surface area contributed by atoms with E-state index in [1.807, 2.05) is 36.4 Å². The van der Waals surface area contributed by atoms with Crippen LogP contribution in [0.15, 0.2) is 59.5 Å². The normalized spacial score (nSPS) is 21.7. The average Bonchev–Trinajstić information content (AvgIpc) is 3.22. The van der Waals surface area contributed by atoms with Crippen LogP contribution in [0.4, 0.5) is 0 Å². The molecule has 0 radical (unpaired) electrons. The molecule has 2 N–H and O–H groups in total. The molecule has 2 aromatic heterocycles. The van der Waals surface area contributed by atoms with Crippen LogP contribution in [0.2, 0.25) is 0 Å². The van der Waals surface area contributed by atoms with Crippen molar-refractivity contribution >= 4 is 33.6 Å². The number of hydrogen-bond donors (Lipinski definition) is 2. The third-order valence-electron chi connectivity index (χ3n) is 7.39. The summed E-state index contributed by atoms with van der Waals surface area (Å²) in [4.78, 5) is 45.5. The summed E-state index contributed by atoms with van der Waals surface area (Å²) in [5, 5.41) is 4.62. The van der Waals surface area contributed by atoms with Crippen LogP contribution in [0, 0.1) is 5.92 Å². The van der Waals surface area contributed by atoms with Crippen molar-refractivity contribution in [2.45, 2.75) is 38.4 Å². The van der Waals surface area contributed by atoms with Gasteiger partial charge in [-0.05, 0) is 23.1 Å². The van der Waals surface area contributed by atoms with Crippen LogP contribution >= 0.6 is 0 Å². The number of pyridine rings is 1. The third kappa shape index (κ3) is 2.79. The molecule has 4 heterocycles. The maximum Gasteiger partial charge on any atom is 0.274 e. The number of aromatic amines is 1. The number of rotatable bonds is 2. The van der Waals surface area contributed by atoms with Crippen molar-refractivity contribution in [3.05, 3.63) is 81.8 Å². The third-order valence-corrected chi connectivity index (χ3v) is 7.39. The van der Waals surface area contributed by atoms with Gasteiger partial charge in [0.25, 0.3) is 11.5 Å². The molecule has 7 nitrogen and oxygen atoms in total. The second-order valence-corrected chi connectivity index (χ2v) is 9.73. The van der Waals surface area contributed by atoms with Crippen LogP contribution in [0.3, 0.4) is 0 Å². The first-order chi connectivity index (χ1) is 16.4. The molecular formula is C27H26N4O3. The van der Waals surface area contributed by atoms with Crippen LogP contribution in [-0.2, 0) is 18.3 Å². The Labute approximate surface area is 196 Å². The van der Waals surface area contributed by atoms with Crippen molar-refractivity contribution in [2.75, 3.05) is 0 Å². The number of benzene rings is 2. The molecule has 2 aliphatic rings. The molecule has 0 saturated carbocycles. The second kappa shape index (κ2) is 7.32. The van der Waals surface area contributed by atoms with E-state index < -0.39 is 6.04 Å². The lowest BCUT2D eigenvalue weighted by atomic mass is 9.78. The van der Waals surface area contributed by atoms with Crippen molar-refractivity contribution < 1.29 is 9.59 Å². The van der Waals surface area contributed by atoms with Gasteiger partial charge in [-0.25, -0.2) is 0 Å². The maximum absolute atomic E-state index is 14.4. The number of para-hydroxylation sites is 1. The van der Waals surface area contributed by atoms with Crippen LogP contribution < -0.4 is 10.9 Å². The summed E-state index contributed by atoms with van der Waals surface area (Å²) < 4.78 is 1.44. The Morgan fingerprint density at radius 3 is 2.59 bits per heavy atom. The lowest BCUT2D eigenvalue weighted by Gasteiger charge is -2.51. The Balaban J connectivity index is 1.61. The fraction of sp³-hybridized carbons (Fsp3) is 0.296. The molecule has 1 fully saturated rings. The molecule has 2 bridgehead atoms. The van der Waals surface area contributed by atoms with Crippen LogP contribution in [0.5, 0.6) is 0 Å². The van der Waals surface area contributed by atoms with E-state index in [0.717, 1.165) is 22.0 Å². The largest absolute Gasteiger partial charge is 0.350 e. The first-order valence-corrected chi connectivity index (χ1v) is 11.7. The first kappa shape index (κ1) is 20.7. The zero-order chi connectivity index (χ0) is 23.7. The van der Waals surface area contributed by atoms with Gasteiger partial charge in [0, 0.05) is 36.0 Å². The zero-order valence-electron chi connectivity index (χ0n) is 19.3. The zero-order valence-corrected chi connectivity index (χ0v) is 19.3. The minimum atomic E-state index is -0.597. The van der Waals surface area contributed by atoms with Gasteiger partial charge in [0.1, 0.15) is 11.6 Å². The van der Waals surface area contributed by atoms with Gasteiger partial charge in [-0.2, -0.15) is 0 Å². The summed E-state index contributed by atoms with van der Waals surface area (Å²) in [5.74, 6) is -0.224. The molecule has 34 heavy (non-hydrogen) atoms. The number of hydrogen-bond acceptors (Lipinski definition) is 3. The standard InChI is InChI=1S/C27H26N4O3/c1-14(2)22-24-16-9-5-4-8-15(16)12-20(25(32)29-22)31(24)26(33)18-13-30(3)27(34)23-21(18)17-10-6-7-11-19(17)28-23/h4-11,13-14,20,22,24,28H,12H2,1-3H3,(H,29,32)/t20-,22+,24+/m0/s1. The lowest BCUT2D eigenvalue weighted by molar-refractivity contribution is -0.133. The number of H-pyrrole nitrogens is 1. The number of nitrogens with one attached hydrogen (secondary N) is 2. The number of piperazine rings is 1. The topological polar surface area (TPSA) is 87.2 Å². The summed E-state index contributed by atoms with van der Waals surface area (Å²) in [6.45, 7) is 4.13. The van der Waals surface area contributed by atoms with E-state index in [9.17, 15) is 14.4 Å². The Morgan fingerprint density at radius 1 is 1.06 bits per heavy atom. The highest BCUT2D eigenvalue weighted by atomic mass is 16.2. The van der Waals surface area contributed by atoms with Crippen LogP contribution in [-0.4, -0.2) is 38.3 Å². The molecule has 1 saturated heterocycles. The summed E-state index contributed by atoms with van der Waals surface area (Å²) in [5.41, 5.74) is 3.63. The van der Waals surface area contributed by atoms with E-state index in [4.69, 9.17) is 0 Å². The predicted molar refractivity (Wildman–Crippen MR) is 131 cm³/mol. The van der Waals surface area contributed by atoms with Gasteiger partial charge in [0.05, 0.1) is 17.6 Å². The van der Waals surface area contributed by atoms with E-state index in [1.165, 1.54) is 4.57 Å². The Kier molecular flexibility index (Phi) is 4.46. The number of carbonyl (C=O) groups is 2. The van der Waals surface area contributed by atoms with Gasteiger partial charge in [-0.3, -0.25) is 14.4 Å². The van der Waals surface area contributed by atoms with Gasteiger partial charge < -0.3 is 19.8 Å². The molecule has 0 aliphatic carbocycles. The van der Waals surface area contributed by atoms with Crippen molar-refractivity contribution in [2.24, 2.45) is 13.0 Å². The highest BCUT2D eigenvalue weighted by Gasteiger charge is 2.50. The number of amides is 2. The molecule has 6 rings (SSSR count). The highest BCUT2D eigenvalue weighted by Crippen LogP contribution is 2.42. The summed E-state index contributed by atoms with van der Waals surface area (Å²) >= 11 is 0. The van der Waals surface area contributed by atoms with Gasteiger partial charge in [-0.1, -0.05) is 56.3 Å². The van der Waals surface area contributed by atoms with Crippen molar-refractivity contribution in [1.29, 1.82) is 0 Å². The molecule has 2 aliphatic heterocycles. The van der Waals surface area contributed by atoms with Gasteiger partial charge >= 0.3 is 0 Å². The first-order valence-electron chi connectivity index (χ1n) is 11.7. The predicted octanol–water partition coefficient (Wildman–Crippen LogP) is 3.28. The van der Waals surface area contributed by atoms with E-state index in [1.54, 1.807) is 18.1 Å². The molecule has 0 spiro atoms. The molecule has 3 atom stereocenters. The molecule has 2 aromatic carbocycles. The number of aromatic nitrogens is 2. The summed E-state index contributed by atoms with van der Waals surface area (Å²) in [6.07, 6.45) is 2.09. The molecule has 4 aromatic rings. The Bertz CT molecular complexity index is 1550. The number of fused-ring (bicyclic) bond motifs is 7. The highest BCUT2D eigenvalue weighted by molar-refractivity contribution is 6.18. The molecule has 172 valence electrons. The quantitative estimate of drug-likeness (QED) is 0.487. The molecule has 0 unspecified atom stereocenters. The van der Waals surface area contributed by atoms with Crippen molar-refractivity contribution in [3.8, 4) is 0 Å². The van der Waals surface area contributed by atoms with Gasteiger partial charge in [-0.15, -0.1) is 0 Å². The van der Waals surface area contributed by atoms with E-state index in [0.29, 0.717) is 22.9 Å². The number of nitrogens with zero attached hydrogens (tertiary/aromatic N) is 2. The van der Waals surface area contributed by atoms with Gasteiger partial charge in [0.15, 0.2) is 0 Å². The molecule has 2 amide bonds. The monoisotopic (exact) mass is 454 g/mol. The number of aryl methyl sites for hydroxylation is 1. The van der Waals surface area contributed by atoms with Gasteiger partial charge in [0.2, 0.25) is 5.91 Å². The second-order valence-electron chi connectivity index (χ2n) is 9.73. The Morgan fingerprint density at radius 2 is 1.79 bits per heavy atom. The van der Waals surface area contributed by atoms with E-state index in [-0.39, 0.29) is 35.4 Å². The van der Waals surface area contributed by atoms with Crippen LogP contribution in [0.1, 0.15) is 41.4 Å². The summed E-state index contributed by atoms with van der Waals surface area (Å²) in [7, 11) is 1.65. The molecular weight excluding hydrogens is 428 g/mol. The smallest absolute Gasteiger partial charge is 0.274 e.